The van der Waals surface area contributed by atoms with Gasteiger partial charge < -0.3 is 19.6 Å². The van der Waals surface area contributed by atoms with E-state index in [0.29, 0.717) is 18.2 Å². The van der Waals surface area contributed by atoms with Crippen LogP contribution in [0.5, 0.6) is 0 Å². The van der Waals surface area contributed by atoms with Crippen molar-refractivity contribution in [3.63, 3.8) is 0 Å². The van der Waals surface area contributed by atoms with Gasteiger partial charge in [-0.2, -0.15) is 0 Å². The molecule has 2 heterocycles. The van der Waals surface area contributed by atoms with Crippen molar-refractivity contribution < 1.29 is 4.92 Å². The van der Waals surface area contributed by atoms with Gasteiger partial charge >= 0.3 is 5.82 Å². The molecule has 8 heteroatoms. The molecule has 0 saturated carbocycles. The third kappa shape index (κ3) is 3.45. The second-order valence-corrected chi connectivity index (χ2v) is 6.58. The molecule has 0 spiro atoms. The molecule has 26 heavy (non-hydrogen) atoms. The van der Waals surface area contributed by atoms with Crippen LogP contribution < -0.4 is 0 Å². The quantitative estimate of drug-likeness (QED) is 0.457. The van der Waals surface area contributed by atoms with E-state index in [1.807, 2.05) is 38.4 Å². The van der Waals surface area contributed by atoms with Gasteiger partial charge in [0.2, 0.25) is 5.82 Å². The van der Waals surface area contributed by atoms with E-state index in [-0.39, 0.29) is 10.7 Å². The lowest BCUT2D eigenvalue weighted by Gasteiger charge is -2.13. The average molecular weight is 356 g/mol. The van der Waals surface area contributed by atoms with E-state index < -0.39 is 0 Å². The van der Waals surface area contributed by atoms with Gasteiger partial charge in [0.25, 0.3) is 5.82 Å². The Hall–Kier alpha value is -2.74. The molecule has 0 aliphatic heterocycles. The largest absolute Gasteiger partial charge is 0.358 e. The van der Waals surface area contributed by atoms with Gasteiger partial charge in [0.1, 0.15) is 6.20 Å². The van der Waals surface area contributed by atoms with E-state index in [4.69, 9.17) is 4.98 Å². The lowest BCUT2D eigenvalue weighted by molar-refractivity contribution is -0.392. The molecule has 0 fully saturated rings. The molecule has 0 atom stereocenters. The smallest absolute Gasteiger partial charge is 0.343 e. The van der Waals surface area contributed by atoms with Crippen molar-refractivity contribution >= 4 is 16.9 Å². The standard InChI is InChI=1S/C18H24N6O2/c1-4-5-10-23-16(24(25)26)13-19-17(23)18-20-14-8-6-7-9-15(14)22(18)12-11-21(2)3/h6-9,13H,4-5,10-12H2,1-3H3. The van der Waals surface area contributed by atoms with Crippen molar-refractivity contribution in [1.29, 1.82) is 0 Å². The van der Waals surface area contributed by atoms with Crippen LogP contribution in [-0.4, -0.2) is 49.6 Å². The highest BCUT2D eigenvalue weighted by Gasteiger charge is 2.25. The molecular weight excluding hydrogens is 332 g/mol. The summed E-state index contributed by atoms with van der Waals surface area (Å²) in [5.41, 5.74) is 1.88. The van der Waals surface area contributed by atoms with Crippen LogP contribution in [0.1, 0.15) is 19.8 Å². The number of hydrogen-bond donors (Lipinski definition) is 0. The van der Waals surface area contributed by atoms with Gasteiger partial charge in [0.15, 0.2) is 0 Å². The van der Waals surface area contributed by atoms with Crippen LogP contribution in [0.15, 0.2) is 30.5 Å². The lowest BCUT2D eigenvalue weighted by Crippen LogP contribution is -2.19. The lowest BCUT2D eigenvalue weighted by atomic mass is 10.3. The minimum Gasteiger partial charge on any atom is -0.358 e. The third-order valence-electron chi connectivity index (χ3n) is 4.38. The first kappa shape index (κ1) is 18.1. The maximum absolute atomic E-state index is 11.4. The van der Waals surface area contributed by atoms with Gasteiger partial charge in [-0.05, 0) is 37.6 Å². The van der Waals surface area contributed by atoms with Crippen LogP contribution in [0.25, 0.3) is 22.7 Å². The zero-order valence-corrected chi connectivity index (χ0v) is 15.4. The highest BCUT2D eigenvalue weighted by atomic mass is 16.6. The fraction of sp³-hybridized carbons (Fsp3) is 0.444. The first-order valence-electron chi connectivity index (χ1n) is 8.83. The second-order valence-electron chi connectivity index (χ2n) is 6.58. The summed E-state index contributed by atoms with van der Waals surface area (Å²) in [5, 5.41) is 11.4. The molecule has 0 radical (unpaired) electrons. The molecule has 0 aliphatic rings. The Bertz CT molecular complexity index is 912. The van der Waals surface area contributed by atoms with Crippen molar-refractivity contribution in [2.24, 2.45) is 0 Å². The monoisotopic (exact) mass is 356 g/mol. The Labute approximate surface area is 152 Å². The van der Waals surface area contributed by atoms with E-state index in [2.05, 4.69) is 21.4 Å². The molecule has 0 N–H and O–H groups in total. The maximum atomic E-state index is 11.4. The predicted molar refractivity (Wildman–Crippen MR) is 101 cm³/mol. The summed E-state index contributed by atoms with van der Waals surface area (Å²) in [6.45, 7) is 4.19. The molecule has 0 unspecified atom stereocenters. The maximum Gasteiger partial charge on any atom is 0.343 e. The fourth-order valence-corrected chi connectivity index (χ4v) is 3.00. The summed E-state index contributed by atoms with van der Waals surface area (Å²) < 4.78 is 3.78. The van der Waals surface area contributed by atoms with Crippen LogP contribution in [0, 0.1) is 10.1 Å². The number of likely N-dealkylation sites (N-methyl/N-ethyl adjacent to an activating group) is 1. The number of nitro groups is 1. The van der Waals surface area contributed by atoms with Gasteiger partial charge in [0.05, 0.1) is 17.6 Å². The van der Waals surface area contributed by atoms with Crippen molar-refractivity contribution in [3.05, 3.63) is 40.6 Å². The number of para-hydroxylation sites is 2. The summed E-state index contributed by atoms with van der Waals surface area (Å²) in [6, 6.07) is 7.90. The van der Waals surface area contributed by atoms with Crippen LogP contribution >= 0.6 is 0 Å². The predicted octanol–water partition coefficient (Wildman–Crippen LogP) is 3.17. The summed E-state index contributed by atoms with van der Waals surface area (Å²) >= 11 is 0. The molecule has 3 rings (SSSR count). The van der Waals surface area contributed by atoms with Crippen molar-refractivity contribution in [1.82, 2.24) is 24.0 Å². The molecule has 0 saturated heterocycles. The highest BCUT2D eigenvalue weighted by Crippen LogP contribution is 2.27. The highest BCUT2D eigenvalue weighted by molar-refractivity contribution is 5.79. The summed E-state index contributed by atoms with van der Waals surface area (Å²) in [4.78, 5) is 22.2. The van der Waals surface area contributed by atoms with Crippen LogP contribution in [0.2, 0.25) is 0 Å². The van der Waals surface area contributed by atoms with E-state index in [9.17, 15) is 10.1 Å². The second kappa shape index (κ2) is 7.65. The van der Waals surface area contributed by atoms with Gasteiger partial charge in [0, 0.05) is 13.1 Å². The number of hydrogen-bond acceptors (Lipinski definition) is 5. The van der Waals surface area contributed by atoms with Crippen molar-refractivity contribution in [2.45, 2.75) is 32.9 Å². The zero-order chi connectivity index (χ0) is 18.7. The number of fused-ring (bicyclic) bond motifs is 1. The number of unbranched alkanes of at least 4 members (excludes halogenated alkanes) is 1. The Balaban J connectivity index is 2.15. The van der Waals surface area contributed by atoms with Crippen molar-refractivity contribution in [3.8, 4) is 11.6 Å². The minimum absolute atomic E-state index is 0.0136. The Kier molecular flexibility index (Phi) is 5.32. The third-order valence-corrected chi connectivity index (χ3v) is 4.38. The fourth-order valence-electron chi connectivity index (χ4n) is 3.00. The topological polar surface area (TPSA) is 82.0 Å². The average Bonchev–Trinajstić information content (AvgIpc) is 3.19. The van der Waals surface area contributed by atoms with E-state index in [0.717, 1.165) is 37.0 Å². The summed E-state index contributed by atoms with van der Waals surface area (Å²) in [6.07, 6.45) is 3.13. The molecule has 2 aromatic heterocycles. The Morgan fingerprint density at radius 3 is 2.62 bits per heavy atom. The molecular formula is C18H24N6O2. The van der Waals surface area contributed by atoms with Crippen LogP contribution in [0.3, 0.4) is 0 Å². The molecule has 138 valence electrons. The van der Waals surface area contributed by atoms with E-state index >= 15 is 0 Å². The van der Waals surface area contributed by atoms with Gasteiger partial charge in [-0.15, -0.1) is 0 Å². The van der Waals surface area contributed by atoms with Gasteiger partial charge in [-0.3, -0.25) is 0 Å². The summed E-state index contributed by atoms with van der Waals surface area (Å²) in [7, 11) is 4.04. The SMILES string of the molecule is CCCCn1c([N+](=O)[O-])cnc1-c1nc2ccccc2n1CCN(C)C. The van der Waals surface area contributed by atoms with Gasteiger partial charge in [-0.25, -0.2) is 14.5 Å². The Morgan fingerprint density at radius 2 is 1.92 bits per heavy atom. The number of benzene rings is 1. The summed E-state index contributed by atoms with van der Waals surface area (Å²) in [5.74, 6) is 1.25. The zero-order valence-electron chi connectivity index (χ0n) is 15.4. The van der Waals surface area contributed by atoms with E-state index in [1.54, 1.807) is 4.57 Å². The molecule has 3 aromatic rings. The first-order chi connectivity index (χ1) is 12.5. The molecule has 0 bridgehead atoms. The first-order valence-corrected chi connectivity index (χ1v) is 8.83. The molecule has 0 aliphatic carbocycles. The van der Waals surface area contributed by atoms with Crippen LogP contribution in [0.4, 0.5) is 5.82 Å². The minimum atomic E-state index is -0.376. The Morgan fingerprint density at radius 1 is 1.15 bits per heavy atom. The molecule has 8 nitrogen and oxygen atoms in total. The number of aromatic nitrogens is 4. The molecule has 0 amide bonds. The van der Waals surface area contributed by atoms with Crippen molar-refractivity contribution in [2.75, 3.05) is 20.6 Å². The molecule has 1 aromatic carbocycles. The number of imidazole rings is 2. The van der Waals surface area contributed by atoms with Crippen LogP contribution in [-0.2, 0) is 13.1 Å². The van der Waals surface area contributed by atoms with E-state index in [1.165, 1.54) is 6.20 Å². The normalized spacial score (nSPS) is 11.5. The van der Waals surface area contributed by atoms with Gasteiger partial charge in [-0.1, -0.05) is 25.5 Å². The number of rotatable bonds is 8. The number of nitrogens with zero attached hydrogens (tertiary/aromatic N) is 6.